The number of rotatable bonds is 2. The average molecular weight is 294 g/mol. The number of thioether (sulfide) groups is 1. The van der Waals surface area contributed by atoms with Crippen LogP contribution in [-0.4, -0.2) is 21.2 Å². The van der Waals surface area contributed by atoms with Crippen molar-refractivity contribution in [1.82, 2.24) is 15.0 Å². The first-order chi connectivity index (χ1) is 10.2. The van der Waals surface area contributed by atoms with E-state index >= 15 is 0 Å². The van der Waals surface area contributed by atoms with Crippen molar-refractivity contribution in [2.75, 3.05) is 6.26 Å². The molecule has 0 saturated heterocycles. The highest BCUT2D eigenvalue weighted by Crippen LogP contribution is 2.27. The van der Waals surface area contributed by atoms with E-state index in [1.165, 1.54) is 11.8 Å². The van der Waals surface area contributed by atoms with Crippen molar-refractivity contribution in [3.05, 3.63) is 52.4 Å². The monoisotopic (exact) mass is 294 g/mol. The van der Waals surface area contributed by atoms with Crippen LogP contribution in [0.3, 0.4) is 0 Å². The summed E-state index contributed by atoms with van der Waals surface area (Å²) >= 11 is 1.32. The van der Waals surface area contributed by atoms with Gasteiger partial charge in [-0.1, -0.05) is 36.0 Å². The Hall–Kier alpha value is -2.65. The fraction of sp³-hybridized carbons (Fsp3) is 0.0667. The second kappa shape index (κ2) is 5.38. The zero-order chi connectivity index (χ0) is 14.8. The molecule has 0 atom stereocenters. The maximum atomic E-state index is 12.0. The number of aromatic amines is 1. The van der Waals surface area contributed by atoms with Gasteiger partial charge in [-0.15, -0.1) is 0 Å². The van der Waals surface area contributed by atoms with Gasteiger partial charge in [-0.05, 0) is 12.3 Å². The van der Waals surface area contributed by atoms with Crippen molar-refractivity contribution in [1.29, 1.82) is 5.26 Å². The molecule has 0 bridgehead atoms. The zero-order valence-electron chi connectivity index (χ0n) is 11.1. The summed E-state index contributed by atoms with van der Waals surface area (Å²) in [6, 6.07) is 11.3. The van der Waals surface area contributed by atoms with Gasteiger partial charge in [-0.2, -0.15) is 5.26 Å². The molecule has 3 aromatic rings. The first kappa shape index (κ1) is 13.3. The van der Waals surface area contributed by atoms with E-state index < -0.39 is 5.56 Å². The van der Waals surface area contributed by atoms with Crippen molar-refractivity contribution in [3.63, 3.8) is 0 Å². The SMILES string of the molecule is CSc1nc(-c2cccc3cccnc23)c(C#N)c(=O)[nH]1. The molecular weight excluding hydrogens is 284 g/mol. The summed E-state index contributed by atoms with van der Waals surface area (Å²) in [7, 11) is 0. The van der Waals surface area contributed by atoms with Crippen LogP contribution in [0.4, 0.5) is 0 Å². The van der Waals surface area contributed by atoms with E-state index in [0.29, 0.717) is 16.4 Å². The third-order valence-electron chi connectivity index (χ3n) is 3.09. The van der Waals surface area contributed by atoms with Crippen molar-refractivity contribution in [2.24, 2.45) is 0 Å². The number of hydrogen-bond donors (Lipinski definition) is 1. The molecule has 0 saturated carbocycles. The van der Waals surface area contributed by atoms with Crippen LogP contribution in [-0.2, 0) is 0 Å². The normalized spacial score (nSPS) is 10.5. The Morgan fingerprint density at radius 1 is 1.29 bits per heavy atom. The van der Waals surface area contributed by atoms with E-state index in [4.69, 9.17) is 0 Å². The number of hydrogen-bond acceptors (Lipinski definition) is 5. The lowest BCUT2D eigenvalue weighted by atomic mass is 10.0. The summed E-state index contributed by atoms with van der Waals surface area (Å²) in [6.07, 6.45) is 3.50. The number of H-pyrrole nitrogens is 1. The van der Waals surface area contributed by atoms with Crippen LogP contribution in [0.25, 0.3) is 22.2 Å². The highest BCUT2D eigenvalue weighted by molar-refractivity contribution is 7.98. The van der Waals surface area contributed by atoms with Crippen LogP contribution in [0.2, 0.25) is 0 Å². The lowest BCUT2D eigenvalue weighted by Crippen LogP contribution is -2.14. The van der Waals surface area contributed by atoms with E-state index in [1.54, 1.807) is 6.20 Å². The van der Waals surface area contributed by atoms with Crippen molar-refractivity contribution in [2.45, 2.75) is 5.16 Å². The summed E-state index contributed by atoms with van der Waals surface area (Å²) in [4.78, 5) is 23.3. The van der Waals surface area contributed by atoms with Crippen LogP contribution in [0.15, 0.2) is 46.5 Å². The Morgan fingerprint density at radius 3 is 2.86 bits per heavy atom. The lowest BCUT2D eigenvalue weighted by molar-refractivity contribution is 0.938. The van der Waals surface area contributed by atoms with Crippen molar-refractivity contribution in [3.8, 4) is 17.3 Å². The number of aromatic nitrogens is 3. The summed E-state index contributed by atoms with van der Waals surface area (Å²) in [5.41, 5.74) is 1.35. The van der Waals surface area contributed by atoms with Gasteiger partial charge >= 0.3 is 0 Å². The molecule has 0 spiro atoms. The van der Waals surface area contributed by atoms with Gasteiger partial charge in [0.25, 0.3) is 5.56 Å². The predicted molar refractivity (Wildman–Crippen MR) is 82.1 cm³/mol. The Kier molecular flexibility index (Phi) is 3.42. The van der Waals surface area contributed by atoms with Gasteiger partial charge in [0.2, 0.25) is 0 Å². The molecule has 0 amide bonds. The first-order valence-corrected chi connectivity index (χ1v) is 7.39. The molecule has 0 radical (unpaired) electrons. The number of fused-ring (bicyclic) bond motifs is 1. The molecule has 5 nitrogen and oxygen atoms in total. The maximum Gasteiger partial charge on any atom is 0.270 e. The molecule has 102 valence electrons. The third kappa shape index (κ3) is 2.28. The molecular formula is C15H10N4OS. The second-order valence-corrected chi connectivity index (χ2v) is 5.09. The summed E-state index contributed by atoms with van der Waals surface area (Å²) in [5.74, 6) is 0. The Labute approximate surface area is 124 Å². The highest BCUT2D eigenvalue weighted by atomic mass is 32.2. The topological polar surface area (TPSA) is 82.4 Å². The van der Waals surface area contributed by atoms with Gasteiger partial charge in [-0.3, -0.25) is 9.78 Å². The van der Waals surface area contributed by atoms with Crippen LogP contribution >= 0.6 is 11.8 Å². The molecule has 1 N–H and O–H groups in total. The highest BCUT2D eigenvalue weighted by Gasteiger charge is 2.15. The molecule has 21 heavy (non-hydrogen) atoms. The molecule has 0 fully saturated rings. The van der Waals surface area contributed by atoms with Gasteiger partial charge in [0.1, 0.15) is 11.6 Å². The Bertz CT molecular complexity index is 922. The predicted octanol–water partition coefficient (Wildman–Crippen LogP) is 2.58. The van der Waals surface area contributed by atoms with Crippen molar-refractivity contribution < 1.29 is 0 Å². The second-order valence-electron chi connectivity index (χ2n) is 4.29. The molecule has 1 aromatic carbocycles. The molecule has 0 unspecified atom stereocenters. The van der Waals surface area contributed by atoms with Crippen LogP contribution in [0.5, 0.6) is 0 Å². The lowest BCUT2D eigenvalue weighted by Gasteiger charge is -2.07. The van der Waals surface area contributed by atoms with Gasteiger partial charge in [-0.25, -0.2) is 4.98 Å². The number of para-hydroxylation sites is 1. The smallest absolute Gasteiger partial charge is 0.270 e. The molecule has 2 heterocycles. The summed E-state index contributed by atoms with van der Waals surface area (Å²) in [5, 5.41) is 10.7. The quantitative estimate of drug-likeness (QED) is 0.580. The van der Waals surface area contributed by atoms with E-state index in [-0.39, 0.29) is 5.56 Å². The molecule has 0 aliphatic heterocycles. The number of nitrogens with zero attached hydrogens (tertiary/aromatic N) is 3. The van der Waals surface area contributed by atoms with E-state index in [9.17, 15) is 10.1 Å². The maximum absolute atomic E-state index is 12.0. The number of benzene rings is 1. The van der Waals surface area contributed by atoms with E-state index in [2.05, 4.69) is 15.0 Å². The minimum atomic E-state index is -0.431. The fourth-order valence-electron chi connectivity index (χ4n) is 2.14. The van der Waals surface area contributed by atoms with Gasteiger partial charge in [0.15, 0.2) is 5.16 Å². The summed E-state index contributed by atoms with van der Waals surface area (Å²) in [6.45, 7) is 0. The Morgan fingerprint density at radius 2 is 2.10 bits per heavy atom. The minimum absolute atomic E-state index is 0.00551. The first-order valence-electron chi connectivity index (χ1n) is 6.17. The number of nitriles is 1. The third-order valence-corrected chi connectivity index (χ3v) is 3.67. The fourth-order valence-corrected chi connectivity index (χ4v) is 2.52. The summed E-state index contributed by atoms with van der Waals surface area (Å²) < 4.78 is 0. The van der Waals surface area contributed by atoms with E-state index in [1.807, 2.05) is 42.7 Å². The zero-order valence-corrected chi connectivity index (χ0v) is 11.9. The standard InChI is InChI=1S/C15H10N4OS/c1-21-15-18-13(11(8-16)14(20)19-15)10-6-2-4-9-5-3-7-17-12(9)10/h2-7H,1H3,(H,18,19,20). The molecule has 0 aliphatic carbocycles. The average Bonchev–Trinajstić information content (AvgIpc) is 2.53. The van der Waals surface area contributed by atoms with Crippen LogP contribution in [0, 0.1) is 11.3 Å². The molecule has 2 aromatic heterocycles. The number of pyridine rings is 1. The van der Waals surface area contributed by atoms with Crippen LogP contribution < -0.4 is 5.56 Å². The van der Waals surface area contributed by atoms with Gasteiger partial charge < -0.3 is 4.98 Å². The number of nitrogens with one attached hydrogen (secondary N) is 1. The van der Waals surface area contributed by atoms with E-state index in [0.717, 1.165) is 10.9 Å². The largest absolute Gasteiger partial charge is 0.300 e. The Balaban J connectivity index is 2.41. The van der Waals surface area contributed by atoms with Crippen LogP contribution in [0.1, 0.15) is 5.56 Å². The molecule has 0 aliphatic rings. The molecule has 3 rings (SSSR count). The van der Waals surface area contributed by atoms with Gasteiger partial charge in [0.05, 0.1) is 11.2 Å². The van der Waals surface area contributed by atoms with Gasteiger partial charge in [0, 0.05) is 17.1 Å². The minimum Gasteiger partial charge on any atom is -0.300 e. The molecule has 6 heteroatoms. The van der Waals surface area contributed by atoms with Crippen molar-refractivity contribution >= 4 is 22.7 Å².